The van der Waals surface area contributed by atoms with Crippen LogP contribution in [0.25, 0.3) is 0 Å². The number of hydrogen-bond acceptors (Lipinski definition) is 4. The summed E-state index contributed by atoms with van der Waals surface area (Å²) in [5.41, 5.74) is 7.37. The first-order chi connectivity index (χ1) is 11.6. The molecule has 2 aliphatic heterocycles. The van der Waals surface area contributed by atoms with Crippen LogP contribution in [0.3, 0.4) is 0 Å². The van der Waals surface area contributed by atoms with Gasteiger partial charge in [0.05, 0.1) is 6.04 Å². The van der Waals surface area contributed by atoms with E-state index in [1.165, 1.54) is 0 Å². The van der Waals surface area contributed by atoms with E-state index in [1.54, 1.807) is 0 Å². The molecule has 2 unspecified atom stereocenters. The smallest absolute Gasteiger partial charge is 0.234 e. The largest absolute Gasteiger partial charge is 0.368 e. The number of carbonyl (C=O) groups excluding carboxylic acids is 2. The van der Waals surface area contributed by atoms with Crippen molar-refractivity contribution in [1.29, 1.82) is 0 Å². The van der Waals surface area contributed by atoms with Crippen LogP contribution in [-0.4, -0.2) is 41.9 Å². The van der Waals surface area contributed by atoms with Crippen LogP contribution >= 0.6 is 24.8 Å². The van der Waals surface area contributed by atoms with Crippen LogP contribution in [0, 0.1) is 0 Å². The minimum absolute atomic E-state index is 0. The van der Waals surface area contributed by atoms with Gasteiger partial charge in [0.2, 0.25) is 11.8 Å². The average molecular weight is 403 g/mol. The highest BCUT2D eigenvalue weighted by molar-refractivity contribution is 5.91. The van der Waals surface area contributed by atoms with E-state index in [2.05, 4.69) is 15.5 Å². The van der Waals surface area contributed by atoms with Crippen molar-refractivity contribution in [2.45, 2.75) is 50.7 Å². The minimum Gasteiger partial charge on any atom is -0.368 e. The maximum atomic E-state index is 12.1. The molecule has 0 aliphatic carbocycles. The molecule has 0 radical (unpaired) electrons. The Bertz CT molecular complexity index is 609. The third kappa shape index (κ3) is 6.13. The van der Waals surface area contributed by atoms with Gasteiger partial charge in [-0.1, -0.05) is 12.1 Å². The average Bonchev–Trinajstić information content (AvgIpc) is 3.19. The van der Waals surface area contributed by atoms with Gasteiger partial charge in [-0.3, -0.25) is 14.5 Å². The molecule has 3 rings (SSSR count). The van der Waals surface area contributed by atoms with Gasteiger partial charge in [-0.15, -0.1) is 24.8 Å². The Balaban J connectivity index is 0.00000169. The second-order valence-corrected chi connectivity index (χ2v) is 6.78. The molecule has 4 N–H and O–H groups in total. The molecule has 0 saturated carbocycles. The molecule has 1 aromatic carbocycles. The molecule has 26 heavy (non-hydrogen) atoms. The van der Waals surface area contributed by atoms with Crippen molar-refractivity contribution in [3.05, 3.63) is 29.8 Å². The second kappa shape index (κ2) is 10.7. The third-order valence-corrected chi connectivity index (χ3v) is 4.88. The van der Waals surface area contributed by atoms with E-state index in [1.807, 2.05) is 24.3 Å². The Hall–Kier alpha value is -1.34. The molecule has 146 valence electrons. The van der Waals surface area contributed by atoms with Crippen molar-refractivity contribution >= 4 is 42.3 Å². The maximum Gasteiger partial charge on any atom is 0.234 e. The minimum atomic E-state index is -0.249. The number of nitrogens with one attached hydrogen (secondary N) is 2. The maximum absolute atomic E-state index is 12.1. The quantitative estimate of drug-likeness (QED) is 0.679. The van der Waals surface area contributed by atoms with Crippen LogP contribution in [0.5, 0.6) is 0 Å². The van der Waals surface area contributed by atoms with Crippen molar-refractivity contribution in [1.82, 2.24) is 10.2 Å². The molecule has 2 saturated heterocycles. The number of primary amides is 1. The van der Waals surface area contributed by atoms with Gasteiger partial charge in [0.15, 0.2) is 0 Å². The highest BCUT2D eigenvalue weighted by atomic mass is 35.5. The zero-order valence-corrected chi connectivity index (χ0v) is 16.4. The Morgan fingerprint density at radius 2 is 2.04 bits per heavy atom. The second-order valence-electron chi connectivity index (χ2n) is 6.78. The van der Waals surface area contributed by atoms with E-state index < -0.39 is 0 Å². The van der Waals surface area contributed by atoms with E-state index in [0.29, 0.717) is 19.0 Å². The zero-order valence-electron chi connectivity index (χ0n) is 14.8. The van der Waals surface area contributed by atoms with Gasteiger partial charge in [-0.2, -0.15) is 0 Å². The predicted molar refractivity (Wildman–Crippen MR) is 108 cm³/mol. The van der Waals surface area contributed by atoms with E-state index in [0.717, 1.165) is 50.0 Å². The molecular weight excluding hydrogens is 375 g/mol. The van der Waals surface area contributed by atoms with Crippen LogP contribution in [0.4, 0.5) is 5.69 Å². The number of anilines is 1. The van der Waals surface area contributed by atoms with Gasteiger partial charge in [-0.25, -0.2) is 0 Å². The summed E-state index contributed by atoms with van der Waals surface area (Å²) in [7, 11) is 0. The molecule has 0 spiro atoms. The van der Waals surface area contributed by atoms with Gasteiger partial charge >= 0.3 is 0 Å². The molecule has 0 bridgehead atoms. The Morgan fingerprint density at radius 3 is 2.73 bits per heavy atom. The Labute approximate surface area is 167 Å². The van der Waals surface area contributed by atoms with E-state index in [9.17, 15) is 9.59 Å². The number of benzene rings is 1. The van der Waals surface area contributed by atoms with Crippen LogP contribution < -0.4 is 16.4 Å². The summed E-state index contributed by atoms with van der Waals surface area (Å²) in [6.45, 7) is 2.57. The number of rotatable bonds is 6. The molecule has 2 amide bonds. The number of carbonyl (C=O) groups is 2. The molecule has 8 heteroatoms. The number of halogens is 2. The monoisotopic (exact) mass is 402 g/mol. The number of nitrogens with zero attached hydrogens (tertiary/aromatic N) is 1. The van der Waals surface area contributed by atoms with Crippen LogP contribution in [0.2, 0.25) is 0 Å². The summed E-state index contributed by atoms with van der Waals surface area (Å²) >= 11 is 0. The number of likely N-dealkylation sites (tertiary alicyclic amines) is 1. The highest BCUT2D eigenvalue weighted by Crippen LogP contribution is 2.21. The van der Waals surface area contributed by atoms with Crippen molar-refractivity contribution in [3.8, 4) is 0 Å². The number of nitrogens with two attached hydrogens (primary N) is 1. The lowest BCUT2D eigenvalue weighted by Crippen LogP contribution is -2.39. The first kappa shape index (κ1) is 22.7. The van der Waals surface area contributed by atoms with Gasteiger partial charge in [0.1, 0.15) is 0 Å². The Kier molecular flexibility index (Phi) is 9.36. The highest BCUT2D eigenvalue weighted by Gasteiger charge is 2.28. The van der Waals surface area contributed by atoms with Crippen molar-refractivity contribution in [3.63, 3.8) is 0 Å². The Morgan fingerprint density at radius 1 is 1.23 bits per heavy atom. The van der Waals surface area contributed by atoms with E-state index in [-0.39, 0.29) is 42.7 Å². The zero-order chi connectivity index (χ0) is 16.9. The summed E-state index contributed by atoms with van der Waals surface area (Å²) in [6, 6.07) is 7.97. The molecule has 6 nitrogen and oxygen atoms in total. The molecular formula is C18H28Cl2N4O2. The van der Waals surface area contributed by atoms with E-state index in [4.69, 9.17) is 5.73 Å². The van der Waals surface area contributed by atoms with Crippen molar-refractivity contribution < 1.29 is 9.59 Å². The summed E-state index contributed by atoms with van der Waals surface area (Å²) in [5, 5.41) is 6.32. The van der Waals surface area contributed by atoms with Gasteiger partial charge < -0.3 is 16.4 Å². The lowest BCUT2D eigenvalue weighted by atomic mass is 10.1. The standard InChI is InChI=1S/C18H26N4O2.2ClH/c19-18(24)16-7-3-9-22(16)12-13-4-1-5-15(10-13)21-17(23)11-14-6-2-8-20-14;;/h1,4-5,10,14,16,20H,2-3,6-9,11-12H2,(H2,19,24)(H,21,23);2*1H. The molecule has 1 aromatic rings. The van der Waals surface area contributed by atoms with Gasteiger partial charge in [0.25, 0.3) is 0 Å². The summed E-state index contributed by atoms with van der Waals surface area (Å²) < 4.78 is 0. The number of hydrogen-bond donors (Lipinski definition) is 3. The first-order valence-electron chi connectivity index (χ1n) is 8.77. The first-order valence-corrected chi connectivity index (χ1v) is 8.77. The lowest BCUT2D eigenvalue weighted by molar-refractivity contribution is -0.122. The van der Waals surface area contributed by atoms with Crippen molar-refractivity contribution in [2.75, 3.05) is 18.4 Å². The van der Waals surface area contributed by atoms with Crippen LogP contribution in [0.1, 0.15) is 37.7 Å². The fraction of sp³-hybridized carbons (Fsp3) is 0.556. The van der Waals surface area contributed by atoms with Gasteiger partial charge in [-0.05, 0) is 56.5 Å². The normalized spacial score (nSPS) is 22.3. The van der Waals surface area contributed by atoms with Crippen molar-refractivity contribution in [2.24, 2.45) is 5.73 Å². The lowest BCUT2D eigenvalue weighted by Gasteiger charge is -2.22. The third-order valence-electron chi connectivity index (χ3n) is 4.88. The fourth-order valence-corrected chi connectivity index (χ4v) is 3.69. The van der Waals surface area contributed by atoms with Crippen LogP contribution in [-0.2, 0) is 16.1 Å². The molecule has 2 fully saturated rings. The molecule has 0 aromatic heterocycles. The summed E-state index contributed by atoms with van der Waals surface area (Å²) in [4.78, 5) is 25.8. The molecule has 2 aliphatic rings. The molecule has 2 heterocycles. The predicted octanol–water partition coefficient (Wildman–Crippen LogP) is 2.06. The fourth-order valence-electron chi connectivity index (χ4n) is 3.69. The topological polar surface area (TPSA) is 87.5 Å². The summed E-state index contributed by atoms with van der Waals surface area (Å²) in [5.74, 6) is -0.205. The van der Waals surface area contributed by atoms with E-state index >= 15 is 0 Å². The van der Waals surface area contributed by atoms with Gasteiger partial charge in [0, 0.05) is 24.7 Å². The SMILES string of the molecule is Cl.Cl.NC(=O)C1CCCN1Cc1cccc(NC(=O)CC2CCCN2)c1. The molecule has 2 atom stereocenters. The summed E-state index contributed by atoms with van der Waals surface area (Å²) in [6.07, 6.45) is 4.56. The van der Waals surface area contributed by atoms with Crippen LogP contribution in [0.15, 0.2) is 24.3 Å². The number of amides is 2.